The first-order valence-electron chi connectivity index (χ1n) is 7.04. The smallest absolute Gasteiger partial charge is 0.0633 e. The largest absolute Gasteiger partial charge is 0.392 e. The van der Waals surface area contributed by atoms with E-state index in [-0.39, 0.29) is 11.5 Å². The Morgan fingerprint density at radius 1 is 1.41 bits per heavy atom. The molecule has 1 aliphatic carbocycles. The summed E-state index contributed by atoms with van der Waals surface area (Å²) < 4.78 is 0. The number of aliphatic hydroxyl groups is 1. The summed E-state index contributed by atoms with van der Waals surface area (Å²) in [5, 5.41) is 10.5. The van der Waals surface area contributed by atoms with Crippen molar-refractivity contribution in [3.8, 4) is 0 Å². The quantitative estimate of drug-likeness (QED) is 0.722. The molecule has 0 spiro atoms. The summed E-state index contributed by atoms with van der Waals surface area (Å²) >= 11 is 0. The molecule has 0 aromatic rings. The molecule has 3 unspecified atom stereocenters. The van der Waals surface area contributed by atoms with Crippen LogP contribution in [0.3, 0.4) is 0 Å². The average Bonchev–Trinajstić information content (AvgIpc) is 2.25. The Bertz CT molecular complexity index is 294. The van der Waals surface area contributed by atoms with E-state index in [1.54, 1.807) is 0 Å². The third kappa shape index (κ3) is 2.45. The van der Waals surface area contributed by atoms with Crippen LogP contribution in [0.5, 0.6) is 0 Å². The van der Waals surface area contributed by atoms with Crippen molar-refractivity contribution in [2.24, 2.45) is 22.7 Å². The molecule has 0 heterocycles. The molecular formula is C16H30O. The monoisotopic (exact) mass is 238 g/mol. The van der Waals surface area contributed by atoms with Crippen molar-refractivity contribution < 1.29 is 5.11 Å². The zero-order chi connectivity index (χ0) is 13.4. The second-order valence-corrected chi connectivity index (χ2v) is 6.93. The fraction of sp³-hybridized carbons (Fsp3) is 0.875. The van der Waals surface area contributed by atoms with Gasteiger partial charge in [0, 0.05) is 5.41 Å². The lowest BCUT2D eigenvalue weighted by Gasteiger charge is -2.52. The molecule has 100 valence electrons. The molecule has 0 aromatic heterocycles. The number of hydrogen-bond acceptors (Lipinski definition) is 1. The highest BCUT2D eigenvalue weighted by atomic mass is 16.3. The van der Waals surface area contributed by atoms with Crippen molar-refractivity contribution in [3.63, 3.8) is 0 Å². The highest BCUT2D eigenvalue weighted by molar-refractivity contribution is 5.17. The second-order valence-electron chi connectivity index (χ2n) is 6.93. The van der Waals surface area contributed by atoms with Gasteiger partial charge in [0.2, 0.25) is 0 Å². The molecule has 1 heteroatoms. The first-order chi connectivity index (χ1) is 7.67. The first-order valence-corrected chi connectivity index (χ1v) is 7.04. The van der Waals surface area contributed by atoms with Gasteiger partial charge in [-0.2, -0.15) is 0 Å². The fourth-order valence-corrected chi connectivity index (χ4v) is 3.47. The predicted octanol–water partition coefficient (Wildman–Crippen LogP) is 4.41. The minimum atomic E-state index is -0.230. The lowest BCUT2D eigenvalue weighted by molar-refractivity contribution is -0.0632. The average molecular weight is 238 g/mol. The van der Waals surface area contributed by atoms with Crippen molar-refractivity contribution >= 4 is 0 Å². The van der Waals surface area contributed by atoms with Gasteiger partial charge in [0.15, 0.2) is 0 Å². The van der Waals surface area contributed by atoms with Gasteiger partial charge >= 0.3 is 0 Å². The Morgan fingerprint density at radius 2 is 1.94 bits per heavy atom. The molecule has 0 aromatic carbocycles. The zero-order valence-corrected chi connectivity index (χ0v) is 12.5. The SMILES string of the molecule is C=C(C(C)C)C1(C)C[C@@](C)(CC)C(C)CC1O. The summed E-state index contributed by atoms with van der Waals surface area (Å²) in [4.78, 5) is 0. The Morgan fingerprint density at radius 3 is 2.35 bits per heavy atom. The maximum atomic E-state index is 10.5. The van der Waals surface area contributed by atoms with Crippen LogP contribution in [0.1, 0.15) is 60.8 Å². The van der Waals surface area contributed by atoms with Crippen LogP contribution in [-0.4, -0.2) is 11.2 Å². The summed E-state index contributed by atoms with van der Waals surface area (Å²) in [6, 6.07) is 0. The van der Waals surface area contributed by atoms with Crippen LogP contribution >= 0.6 is 0 Å². The molecular weight excluding hydrogens is 208 g/mol. The van der Waals surface area contributed by atoms with Crippen LogP contribution in [0.2, 0.25) is 0 Å². The predicted molar refractivity (Wildman–Crippen MR) is 74.9 cm³/mol. The van der Waals surface area contributed by atoms with Gasteiger partial charge in [-0.05, 0) is 30.1 Å². The van der Waals surface area contributed by atoms with E-state index in [1.165, 1.54) is 12.0 Å². The van der Waals surface area contributed by atoms with Crippen LogP contribution in [0.15, 0.2) is 12.2 Å². The molecule has 1 nitrogen and oxygen atoms in total. The van der Waals surface area contributed by atoms with Crippen LogP contribution < -0.4 is 0 Å². The van der Waals surface area contributed by atoms with Gasteiger partial charge in [-0.15, -0.1) is 0 Å². The fourth-order valence-electron chi connectivity index (χ4n) is 3.47. The summed E-state index contributed by atoms with van der Waals surface area (Å²) in [6.45, 7) is 17.8. The normalized spacial score (nSPS) is 42.8. The van der Waals surface area contributed by atoms with Crippen molar-refractivity contribution in [2.75, 3.05) is 0 Å². The van der Waals surface area contributed by atoms with E-state index in [4.69, 9.17) is 0 Å². The number of hydrogen-bond donors (Lipinski definition) is 1. The van der Waals surface area contributed by atoms with Gasteiger partial charge in [0.1, 0.15) is 0 Å². The minimum Gasteiger partial charge on any atom is -0.392 e. The lowest BCUT2D eigenvalue weighted by Crippen LogP contribution is -2.48. The molecule has 0 aliphatic heterocycles. The van der Waals surface area contributed by atoms with Gasteiger partial charge < -0.3 is 5.11 Å². The molecule has 4 atom stereocenters. The van der Waals surface area contributed by atoms with E-state index < -0.39 is 0 Å². The van der Waals surface area contributed by atoms with Crippen molar-refractivity contribution in [2.45, 2.75) is 66.9 Å². The van der Waals surface area contributed by atoms with E-state index in [2.05, 4.69) is 48.1 Å². The molecule has 17 heavy (non-hydrogen) atoms. The van der Waals surface area contributed by atoms with Crippen LogP contribution in [-0.2, 0) is 0 Å². The van der Waals surface area contributed by atoms with E-state index in [1.807, 2.05) is 0 Å². The zero-order valence-electron chi connectivity index (χ0n) is 12.5. The maximum Gasteiger partial charge on any atom is 0.0633 e. The van der Waals surface area contributed by atoms with E-state index >= 15 is 0 Å². The minimum absolute atomic E-state index is 0.106. The molecule has 1 rings (SSSR count). The third-order valence-electron chi connectivity index (χ3n) is 5.51. The summed E-state index contributed by atoms with van der Waals surface area (Å²) in [6.07, 6.45) is 2.93. The van der Waals surface area contributed by atoms with Crippen molar-refractivity contribution in [3.05, 3.63) is 12.2 Å². The Kier molecular flexibility index (Phi) is 4.13. The summed E-state index contributed by atoms with van der Waals surface area (Å²) in [5.74, 6) is 1.04. The molecule has 1 saturated carbocycles. The Balaban J connectivity index is 3.04. The van der Waals surface area contributed by atoms with Crippen molar-refractivity contribution in [1.29, 1.82) is 0 Å². The topological polar surface area (TPSA) is 20.2 Å². The Hall–Kier alpha value is -0.300. The molecule has 0 radical (unpaired) electrons. The summed E-state index contributed by atoms with van der Waals surface area (Å²) in [7, 11) is 0. The first kappa shape index (κ1) is 14.8. The van der Waals surface area contributed by atoms with Gasteiger partial charge in [-0.1, -0.05) is 60.1 Å². The molecule has 1 aliphatic rings. The van der Waals surface area contributed by atoms with E-state index in [9.17, 15) is 5.11 Å². The van der Waals surface area contributed by atoms with Crippen molar-refractivity contribution in [1.82, 2.24) is 0 Å². The standard InChI is InChI=1S/C16H30O/c1-8-15(6)10-16(7,13(5)11(2)3)14(17)9-12(15)4/h11-12,14,17H,5,8-10H2,1-4,6-7H3/t12?,14?,15-,16?/m1/s1. The number of aliphatic hydroxyl groups excluding tert-OH is 1. The van der Waals surface area contributed by atoms with Crippen LogP contribution in [0.25, 0.3) is 0 Å². The second kappa shape index (κ2) is 4.76. The third-order valence-corrected chi connectivity index (χ3v) is 5.51. The summed E-state index contributed by atoms with van der Waals surface area (Å²) in [5.41, 5.74) is 1.45. The van der Waals surface area contributed by atoms with Gasteiger partial charge in [0.05, 0.1) is 6.10 Å². The van der Waals surface area contributed by atoms with Gasteiger partial charge in [-0.25, -0.2) is 0 Å². The Labute approximate surface area is 107 Å². The van der Waals surface area contributed by atoms with Crippen LogP contribution in [0, 0.1) is 22.7 Å². The highest BCUT2D eigenvalue weighted by Crippen LogP contribution is 2.54. The lowest BCUT2D eigenvalue weighted by atomic mass is 9.54. The molecule has 0 amide bonds. The molecule has 0 bridgehead atoms. The molecule has 1 N–H and O–H groups in total. The number of rotatable bonds is 3. The molecule has 0 saturated heterocycles. The maximum absolute atomic E-state index is 10.5. The van der Waals surface area contributed by atoms with Crippen LogP contribution in [0.4, 0.5) is 0 Å². The molecule has 1 fully saturated rings. The van der Waals surface area contributed by atoms with E-state index in [0.717, 1.165) is 12.8 Å². The van der Waals surface area contributed by atoms with Gasteiger partial charge in [0.25, 0.3) is 0 Å². The highest BCUT2D eigenvalue weighted by Gasteiger charge is 2.49. The van der Waals surface area contributed by atoms with E-state index in [0.29, 0.717) is 17.3 Å². The van der Waals surface area contributed by atoms with Gasteiger partial charge in [-0.3, -0.25) is 0 Å².